The van der Waals surface area contributed by atoms with Crippen LogP contribution in [0, 0.1) is 5.82 Å². The van der Waals surface area contributed by atoms with Crippen molar-refractivity contribution in [1.29, 1.82) is 0 Å². The van der Waals surface area contributed by atoms with Crippen LogP contribution >= 0.6 is 0 Å². The number of rotatable bonds is 4. The molecule has 9 heteroatoms. The van der Waals surface area contributed by atoms with Gasteiger partial charge in [0.25, 0.3) is 5.91 Å². The van der Waals surface area contributed by atoms with Crippen LogP contribution < -0.4 is 15.8 Å². The molecule has 2 aromatic heterocycles. The predicted molar refractivity (Wildman–Crippen MR) is 104 cm³/mol. The molecule has 0 radical (unpaired) electrons. The van der Waals surface area contributed by atoms with E-state index in [-0.39, 0.29) is 11.9 Å². The molecule has 1 aliphatic heterocycles. The standard InChI is InChI=1S/C20H19FN6O2/c1-3-13-18-15(27-20(22)26-13)7-14(25-19(18)28)11-5-4-10(21)6-12(11)16-8-23-9-17(24-16)29-2/h4-6,8-9,14H,3,7H2,1-2H3,(H,25,28)(H2,22,26,27)/t14-/m1/s1. The fourth-order valence-electron chi connectivity index (χ4n) is 3.54. The summed E-state index contributed by atoms with van der Waals surface area (Å²) in [6.45, 7) is 1.90. The predicted octanol–water partition coefficient (Wildman–Crippen LogP) is 2.25. The number of nitrogens with zero attached hydrogens (tertiary/aromatic N) is 4. The molecule has 0 aliphatic carbocycles. The summed E-state index contributed by atoms with van der Waals surface area (Å²) in [5.41, 5.74) is 9.13. The van der Waals surface area contributed by atoms with Gasteiger partial charge in [-0.1, -0.05) is 13.0 Å². The second kappa shape index (κ2) is 7.42. The van der Waals surface area contributed by atoms with Gasteiger partial charge < -0.3 is 15.8 Å². The van der Waals surface area contributed by atoms with Crippen LogP contribution in [0.25, 0.3) is 11.3 Å². The van der Waals surface area contributed by atoms with Crippen LogP contribution in [0.4, 0.5) is 10.3 Å². The summed E-state index contributed by atoms with van der Waals surface area (Å²) in [5.74, 6) is -0.258. The number of hydrogen-bond donors (Lipinski definition) is 2. The lowest BCUT2D eigenvalue weighted by atomic mass is 9.90. The number of carbonyl (C=O) groups excluding carboxylic acids is 1. The van der Waals surface area contributed by atoms with Crippen LogP contribution in [-0.4, -0.2) is 33.0 Å². The van der Waals surface area contributed by atoms with E-state index < -0.39 is 11.9 Å². The fraction of sp³-hybridized carbons (Fsp3) is 0.250. The number of ether oxygens (including phenoxy) is 1. The van der Waals surface area contributed by atoms with E-state index in [0.717, 1.165) is 0 Å². The van der Waals surface area contributed by atoms with Gasteiger partial charge in [0.15, 0.2) is 0 Å². The number of aromatic nitrogens is 4. The molecule has 1 aliphatic rings. The molecule has 3 aromatic rings. The van der Waals surface area contributed by atoms with Gasteiger partial charge in [0, 0.05) is 12.0 Å². The molecule has 1 amide bonds. The van der Waals surface area contributed by atoms with Gasteiger partial charge in [-0.15, -0.1) is 0 Å². The van der Waals surface area contributed by atoms with Crippen molar-refractivity contribution in [3.63, 3.8) is 0 Å². The number of carbonyl (C=O) groups is 1. The number of fused-ring (bicyclic) bond motifs is 1. The van der Waals surface area contributed by atoms with Gasteiger partial charge in [0.05, 0.1) is 48.2 Å². The summed E-state index contributed by atoms with van der Waals surface area (Å²) in [6.07, 6.45) is 3.95. The maximum atomic E-state index is 14.0. The highest BCUT2D eigenvalue weighted by Gasteiger charge is 2.31. The van der Waals surface area contributed by atoms with Crippen LogP contribution in [-0.2, 0) is 12.8 Å². The highest BCUT2D eigenvalue weighted by Crippen LogP contribution is 2.33. The Kier molecular flexibility index (Phi) is 4.79. The third kappa shape index (κ3) is 3.46. The Bertz CT molecular complexity index is 1100. The van der Waals surface area contributed by atoms with E-state index in [0.29, 0.717) is 52.5 Å². The van der Waals surface area contributed by atoms with Gasteiger partial charge in [-0.05, 0) is 24.1 Å². The van der Waals surface area contributed by atoms with Crippen molar-refractivity contribution in [1.82, 2.24) is 25.3 Å². The minimum Gasteiger partial charge on any atom is -0.480 e. The van der Waals surface area contributed by atoms with E-state index in [1.165, 1.54) is 31.6 Å². The maximum Gasteiger partial charge on any atom is 0.255 e. The molecule has 4 rings (SSSR count). The number of aryl methyl sites for hydroxylation is 1. The zero-order chi connectivity index (χ0) is 20.5. The summed E-state index contributed by atoms with van der Waals surface area (Å²) in [4.78, 5) is 29.7. The number of nitrogen functional groups attached to an aromatic ring is 1. The Morgan fingerprint density at radius 3 is 2.86 bits per heavy atom. The van der Waals surface area contributed by atoms with Crippen LogP contribution in [0.1, 0.15) is 40.3 Å². The summed E-state index contributed by atoms with van der Waals surface area (Å²) >= 11 is 0. The maximum absolute atomic E-state index is 14.0. The molecule has 3 heterocycles. The number of halogens is 1. The van der Waals surface area contributed by atoms with E-state index in [1.807, 2.05) is 6.92 Å². The molecule has 0 saturated carbocycles. The first-order valence-corrected chi connectivity index (χ1v) is 9.12. The summed E-state index contributed by atoms with van der Waals surface area (Å²) < 4.78 is 19.2. The molecule has 0 unspecified atom stereocenters. The Labute approximate surface area is 166 Å². The van der Waals surface area contributed by atoms with Gasteiger partial charge in [-0.25, -0.2) is 19.3 Å². The van der Waals surface area contributed by atoms with E-state index in [4.69, 9.17) is 10.5 Å². The third-order valence-electron chi connectivity index (χ3n) is 4.83. The average molecular weight is 394 g/mol. The van der Waals surface area contributed by atoms with Crippen molar-refractivity contribution in [2.45, 2.75) is 25.8 Å². The average Bonchev–Trinajstić information content (AvgIpc) is 2.72. The minimum absolute atomic E-state index is 0.132. The monoisotopic (exact) mass is 394 g/mol. The normalized spacial score (nSPS) is 15.6. The van der Waals surface area contributed by atoms with Crippen molar-refractivity contribution in [3.05, 3.63) is 58.9 Å². The smallest absolute Gasteiger partial charge is 0.255 e. The quantitative estimate of drug-likeness (QED) is 0.697. The molecule has 0 fully saturated rings. The molecule has 1 atom stereocenters. The van der Waals surface area contributed by atoms with Gasteiger partial charge in [-0.2, -0.15) is 0 Å². The number of nitrogens with two attached hydrogens (primary N) is 1. The van der Waals surface area contributed by atoms with Crippen molar-refractivity contribution >= 4 is 11.9 Å². The molecule has 0 saturated heterocycles. The minimum atomic E-state index is -0.433. The lowest BCUT2D eigenvalue weighted by Crippen LogP contribution is -2.37. The highest BCUT2D eigenvalue weighted by molar-refractivity contribution is 5.98. The SMILES string of the molecule is CCc1nc(N)nc2c1C(=O)N[C@@H](c1ccc(F)cc1-c1cncc(OC)n1)C2. The van der Waals surface area contributed by atoms with Crippen LogP contribution in [0.3, 0.4) is 0 Å². The molecule has 0 bridgehead atoms. The molecule has 148 valence electrons. The number of methoxy groups -OCH3 is 1. The molecular formula is C20H19FN6O2. The highest BCUT2D eigenvalue weighted by atomic mass is 19.1. The van der Waals surface area contributed by atoms with Crippen molar-refractivity contribution < 1.29 is 13.9 Å². The topological polar surface area (TPSA) is 116 Å². The van der Waals surface area contributed by atoms with Crippen molar-refractivity contribution in [2.24, 2.45) is 0 Å². The lowest BCUT2D eigenvalue weighted by molar-refractivity contribution is 0.0922. The summed E-state index contributed by atoms with van der Waals surface area (Å²) in [7, 11) is 1.48. The lowest BCUT2D eigenvalue weighted by Gasteiger charge is -2.28. The Morgan fingerprint density at radius 1 is 1.28 bits per heavy atom. The van der Waals surface area contributed by atoms with Gasteiger partial charge in [-0.3, -0.25) is 9.78 Å². The van der Waals surface area contributed by atoms with E-state index in [9.17, 15) is 9.18 Å². The molecule has 8 nitrogen and oxygen atoms in total. The Balaban J connectivity index is 1.80. The van der Waals surface area contributed by atoms with Gasteiger partial charge in [0.2, 0.25) is 11.8 Å². The number of hydrogen-bond acceptors (Lipinski definition) is 7. The number of benzene rings is 1. The molecule has 0 spiro atoms. The van der Waals surface area contributed by atoms with Gasteiger partial charge >= 0.3 is 0 Å². The zero-order valence-corrected chi connectivity index (χ0v) is 15.9. The first-order chi connectivity index (χ1) is 14.0. The first-order valence-electron chi connectivity index (χ1n) is 9.12. The Hall–Kier alpha value is -3.62. The second-order valence-electron chi connectivity index (χ2n) is 6.61. The van der Waals surface area contributed by atoms with Gasteiger partial charge in [0.1, 0.15) is 5.82 Å². The molecule has 3 N–H and O–H groups in total. The number of nitrogens with one attached hydrogen (secondary N) is 1. The zero-order valence-electron chi connectivity index (χ0n) is 15.9. The molecule has 1 aromatic carbocycles. The largest absolute Gasteiger partial charge is 0.480 e. The number of anilines is 1. The van der Waals surface area contributed by atoms with E-state index in [2.05, 4.69) is 25.3 Å². The third-order valence-corrected chi connectivity index (χ3v) is 4.83. The van der Waals surface area contributed by atoms with Crippen LogP contribution in [0.2, 0.25) is 0 Å². The first kappa shape index (κ1) is 18.7. The van der Waals surface area contributed by atoms with E-state index in [1.54, 1.807) is 6.07 Å². The van der Waals surface area contributed by atoms with Crippen LogP contribution in [0.15, 0.2) is 30.6 Å². The second-order valence-corrected chi connectivity index (χ2v) is 6.61. The van der Waals surface area contributed by atoms with E-state index >= 15 is 0 Å². The van der Waals surface area contributed by atoms with Crippen molar-refractivity contribution in [3.8, 4) is 17.1 Å². The summed E-state index contributed by atoms with van der Waals surface area (Å²) in [5, 5.41) is 2.98. The Morgan fingerprint density at radius 2 is 2.10 bits per heavy atom. The van der Waals surface area contributed by atoms with Crippen molar-refractivity contribution in [2.75, 3.05) is 12.8 Å². The molecule has 29 heavy (non-hydrogen) atoms. The fourth-order valence-corrected chi connectivity index (χ4v) is 3.54. The number of amides is 1. The molecular weight excluding hydrogens is 375 g/mol. The summed E-state index contributed by atoms with van der Waals surface area (Å²) in [6, 6.07) is 3.91. The van der Waals surface area contributed by atoms with Crippen LogP contribution in [0.5, 0.6) is 5.88 Å².